The molecule has 0 aliphatic heterocycles. The van der Waals surface area contributed by atoms with Crippen LogP contribution in [0.4, 0.5) is 14.6 Å². The summed E-state index contributed by atoms with van der Waals surface area (Å²) in [7, 11) is 1.55. The molecular formula is C15H12F2IN4OPS. The number of fused-ring (bicyclic) bond motifs is 1. The van der Waals surface area contributed by atoms with E-state index in [0.29, 0.717) is 16.9 Å². The first-order valence-corrected chi connectivity index (χ1v) is 9.43. The Kier molecular flexibility index (Phi) is 5.17. The predicted molar refractivity (Wildman–Crippen MR) is 106 cm³/mol. The molecule has 3 rings (SSSR count). The first kappa shape index (κ1) is 18.3. The predicted octanol–water partition coefficient (Wildman–Crippen LogP) is 4.07. The number of carbonyl (C=O) groups excluding carboxylic acids is 1. The van der Waals surface area contributed by atoms with Crippen molar-refractivity contribution in [3.63, 3.8) is 0 Å². The third-order valence-corrected chi connectivity index (χ3v) is 5.43. The molecule has 10 heteroatoms. The van der Waals surface area contributed by atoms with E-state index in [0.717, 1.165) is 4.70 Å². The highest BCUT2D eigenvalue weighted by atomic mass is 127. The lowest BCUT2D eigenvalue weighted by molar-refractivity contribution is 0.0990. The van der Waals surface area contributed by atoms with E-state index < -0.39 is 11.6 Å². The number of primary amides is 1. The van der Waals surface area contributed by atoms with Crippen LogP contribution >= 0.6 is 43.4 Å². The van der Waals surface area contributed by atoms with Gasteiger partial charge < -0.3 is 5.73 Å². The van der Waals surface area contributed by atoms with Gasteiger partial charge in [0.15, 0.2) is 5.82 Å². The van der Waals surface area contributed by atoms with Gasteiger partial charge in [0.2, 0.25) is 5.82 Å². The van der Waals surface area contributed by atoms with Gasteiger partial charge in [0.1, 0.15) is 0 Å². The van der Waals surface area contributed by atoms with E-state index in [-0.39, 0.29) is 17.9 Å². The van der Waals surface area contributed by atoms with Gasteiger partial charge >= 0.3 is 0 Å². The van der Waals surface area contributed by atoms with E-state index in [1.54, 1.807) is 36.6 Å². The lowest BCUT2D eigenvalue weighted by Gasteiger charge is -2.21. The summed E-state index contributed by atoms with van der Waals surface area (Å²) in [5.74, 6) is -0.375. The van der Waals surface area contributed by atoms with Crippen molar-refractivity contribution in [1.82, 2.24) is 9.97 Å². The maximum atomic E-state index is 13.8. The number of hydrogen-bond acceptors (Lipinski definition) is 5. The van der Waals surface area contributed by atoms with E-state index >= 15 is 0 Å². The zero-order valence-corrected chi connectivity index (χ0v) is 16.7. The Balaban J connectivity index is 2.03. The second-order valence-corrected chi connectivity index (χ2v) is 7.98. The maximum absolute atomic E-state index is 13.8. The summed E-state index contributed by atoms with van der Waals surface area (Å²) in [4.78, 5) is 19.8. The number of aromatic nitrogens is 2. The number of rotatable bonds is 5. The molecule has 1 amide bonds. The summed E-state index contributed by atoms with van der Waals surface area (Å²) in [6, 6.07) is 8.06. The molecule has 0 saturated carbocycles. The number of amides is 1. The molecule has 0 aliphatic rings. The summed E-state index contributed by atoms with van der Waals surface area (Å²) in [6.07, 6.45) is 0. The van der Waals surface area contributed by atoms with Gasteiger partial charge in [-0.25, -0.2) is 9.97 Å². The number of anilines is 1. The third kappa shape index (κ3) is 3.88. The van der Waals surface area contributed by atoms with Gasteiger partial charge in [0.25, 0.3) is 11.6 Å². The molecule has 2 aromatic heterocycles. The average molecular weight is 492 g/mol. The van der Waals surface area contributed by atoms with Crippen LogP contribution in [0.2, 0.25) is 0 Å². The van der Waals surface area contributed by atoms with Gasteiger partial charge in [0, 0.05) is 5.56 Å². The number of alkyl halides is 2. The van der Waals surface area contributed by atoms with E-state index in [9.17, 15) is 13.6 Å². The molecule has 130 valence electrons. The minimum Gasteiger partial charge on any atom is -0.363 e. The molecule has 2 heterocycles. The van der Waals surface area contributed by atoms with Crippen LogP contribution in [-0.4, -0.2) is 15.9 Å². The average Bonchev–Trinajstić information content (AvgIpc) is 3.01. The SMILES string of the molecule is NC(=O)c1nc(N(I)Cc2ccccc2C(F)(F)P)c2sccc2n1. The highest BCUT2D eigenvalue weighted by Crippen LogP contribution is 2.38. The summed E-state index contributed by atoms with van der Waals surface area (Å²) in [5, 5.41) is 1.82. The monoisotopic (exact) mass is 492 g/mol. The summed E-state index contributed by atoms with van der Waals surface area (Å²) in [6.45, 7) is 0.183. The lowest BCUT2D eigenvalue weighted by Crippen LogP contribution is -2.19. The molecule has 0 fully saturated rings. The smallest absolute Gasteiger partial charge is 0.286 e. The van der Waals surface area contributed by atoms with Gasteiger partial charge in [-0.05, 0) is 17.0 Å². The fourth-order valence-corrected chi connectivity index (χ4v) is 4.32. The minimum atomic E-state index is -3.03. The molecule has 5 nitrogen and oxygen atoms in total. The van der Waals surface area contributed by atoms with Crippen LogP contribution in [0.25, 0.3) is 10.2 Å². The van der Waals surface area contributed by atoms with E-state index in [2.05, 4.69) is 9.97 Å². The fraction of sp³-hybridized carbons (Fsp3) is 0.133. The molecule has 0 saturated heterocycles. The molecule has 1 aromatic carbocycles. The van der Waals surface area contributed by atoms with Gasteiger partial charge in [0.05, 0.1) is 39.6 Å². The van der Waals surface area contributed by atoms with Crippen LogP contribution in [0.3, 0.4) is 0 Å². The molecule has 0 spiro atoms. The normalized spacial score (nSPS) is 11.7. The van der Waals surface area contributed by atoms with E-state index in [4.69, 9.17) is 5.73 Å². The summed E-state index contributed by atoms with van der Waals surface area (Å²) >= 11 is 3.39. The van der Waals surface area contributed by atoms with Gasteiger partial charge in [-0.15, -0.1) is 11.3 Å². The van der Waals surface area contributed by atoms with Crippen LogP contribution in [0.1, 0.15) is 21.7 Å². The number of hydrogen-bond donors (Lipinski definition) is 1. The molecule has 2 N–H and O–H groups in total. The summed E-state index contributed by atoms with van der Waals surface area (Å²) < 4.78 is 30.0. The van der Waals surface area contributed by atoms with Crippen LogP contribution in [0, 0.1) is 0 Å². The maximum Gasteiger partial charge on any atom is 0.286 e. The number of benzene rings is 1. The summed E-state index contributed by atoms with van der Waals surface area (Å²) in [5.41, 5.74) is 3.24. The molecule has 1 atom stereocenters. The van der Waals surface area contributed by atoms with E-state index in [1.165, 1.54) is 17.4 Å². The van der Waals surface area contributed by atoms with Crippen LogP contribution in [0.15, 0.2) is 35.7 Å². The van der Waals surface area contributed by atoms with Crippen molar-refractivity contribution in [2.45, 2.75) is 12.2 Å². The van der Waals surface area contributed by atoms with E-state index in [1.807, 2.05) is 28.2 Å². The molecular weight excluding hydrogens is 480 g/mol. The van der Waals surface area contributed by atoms with Crippen LogP contribution in [0.5, 0.6) is 0 Å². The second kappa shape index (κ2) is 7.05. The minimum absolute atomic E-state index is 0.0757. The lowest BCUT2D eigenvalue weighted by atomic mass is 10.1. The second-order valence-electron chi connectivity index (χ2n) is 5.17. The van der Waals surface area contributed by atoms with Gasteiger partial charge in [-0.1, -0.05) is 33.5 Å². The topological polar surface area (TPSA) is 72.1 Å². The third-order valence-electron chi connectivity index (χ3n) is 3.42. The Bertz CT molecular complexity index is 947. The van der Waals surface area contributed by atoms with Crippen molar-refractivity contribution in [3.05, 3.63) is 52.7 Å². The van der Waals surface area contributed by atoms with Crippen molar-refractivity contribution in [1.29, 1.82) is 0 Å². The Hall–Kier alpha value is -1.45. The number of thiophene rings is 1. The first-order chi connectivity index (χ1) is 11.8. The Morgan fingerprint density at radius 3 is 2.72 bits per heavy atom. The largest absolute Gasteiger partial charge is 0.363 e. The van der Waals surface area contributed by atoms with Gasteiger partial charge in [-0.3, -0.25) is 7.91 Å². The zero-order valence-electron chi connectivity index (χ0n) is 12.6. The molecule has 0 radical (unpaired) electrons. The van der Waals surface area contributed by atoms with Crippen molar-refractivity contribution >= 4 is 65.4 Å². The van der Waals surface area contributed by atoms with Crippen molar-refractivity contribution in [2.75, 3.05) is 3.11 Å². The van der Waals surface area contributed by atoms with Crippen LogP contribution in [-0.2, 0) is 12.2 Å². The molecule has 1 unspecified atom stereocenters. The number of halogens is 3. The Morgan fingerprint density at radius 1 is 1.32 bits per heavy atom. The Morgan fingerprint density at radius 2 is 2.04 bits per heavy atom. The molecule has 0 bridgehead atoms. The standard InChI is InChI=1S/C15H12F2IN4OPS/c16-15(17,24)9-4-2-1-3-8(9)7-22(18)14-11-10(5-6-25-11)20-13(21-14)12(19)23/h1-6H,7,24H2,(H2,19,23). The van der Waals surface area contributed by atoms with Crippen molar-refractivity contribution in [2.24, 2.45) is 5.73 Å². The number of carbonyl (C=O) groups is 1. The fourth-order valence-electron chi connectivity index (χ4n) is 2.33. The zero-order chi connectivity index (χ0) is 18.2. The quantitative estimate of drug-likeness (QED) is 0.331. The van der Waals surface area contributed by atoms with Gasteiger partial charge in [-0.2, -0.15) is 8.78 Å². The number of nitrogens with zero attached hydrogens (tertiary/aromatic N) is 3. The highest BCUT2D eigenvalue weighted by Gasteiger charge is 2.28. The van der Waals surface area contributed by atoms with Crippen LogP contribution < -0.4 is 8.85 Å². The van der Waals surface area contributed by atoms with Crippen molar-refractivity contribution < 1.29 is 13.6 Å². The van der Waals surface area contributed by atoms with Crippen molar-refractivity contribution in [3.8, 4) is 0 Å². The molecule has 25 heavy (non-hydrogen) atoms. The number of nitrogens with two attached hydrogens (primary N) is 1. The Labute approximate surface area is 162 Å². The molecule has 3 aromatic rings. The first-order valence-electron chi connectivity index (χ1n) is 7.01. The highest BCUT2D eigenvalue weighted by molar-refractivity contribution is 14.1. The molecule has 0 aliphatic carbocycles.